The van der Waals surface area contributed by atoms with Gasteiger partial charge < -0.3 is 15.2 Å². The third kappa shape index (κ3) is 6.13. The number of hydrogen-bond acceptors (Lipinski definition) is 4. The van der Waals surface area contributed by atoms with Crippen LogP contribution in [0.1, 0.15) is 30.9 Å². The lowest BCUT2D eigenvalue weighted by Gasteiger charge is -2.26. The number of benzene rings is 1. The Morgan fingerprint density at radius 1 is 1.23 bits per heavy atom. The molecule has 22 heavy (non-hydrogen) atoms. The highest BCUT2D eigenvalue weighted by atomic mass is 16.5. The number of rotatable bonds is 8. The number of nitrogens with zero attached hydrogens (tertiary/aromatic N) is 1. The lowest BCUT2D eigenvalue weighted by Crippen LogP contribution is -2.37. The molecule has 0 bridgehead atoms. The predicted octanol–water partition coefficient (Wildman–Crippen LogP) is 1.34. The summed E-state index contributed by atoms with van der Waals surface area (Å²) in [5.74, 6) is -0.0947. The quantitative estimate of drug-likeness (QED) is 0.712. The fourth-order valence-corrected chi connectivity index (χ4v) is 2.55. The molecular formula is C17H26N2O3. The van der Waals surface area contributed by atoms with Crippen molar-refractivity contribution in [3.05, 3.63) is 35.9 Å². The number of aliphatic hydroxyl groups excluding tert-OH is 1. The van der Waals surface area contributed by atoms with Crippen molar-refractivity contribution in [2.75, 3.05) is 39.4 Å². The van der Waals surface area contributed by atoms with E-state index in [0.717, 1.165) is 51.3 Å². The van der Waals surface area contributed by atoms with Crippen LogP contribution in [0.15, 0.2) is 30.3 Å². The molecule has 1 fully saturated rings. The topological polar surface area (TPSA) is 61.8 Å². The molecule has 122 valence electrons. The summed E-state index contributed by atoms with van der Waals surface area (Å²) in [5, 5.41) is 12.9. The molecule has 1 saturated heterocycles. The summed E-state index contributed by atoms with van der Waals surface area (Å²) < 4.78 is 5.31. The van der Waals surface area contributed by atoms with Crippen molar-refractivity contribution < 1.29 is 14.6 Å². The van der Waals surface area contributed by atoms with Crippen molar-refractivity contribution in [1.29, 1.82) is 0 Å². The monoisotopic (exact) mass is 306 g/mol. The lowest BCUT2D eigenvalue weighted by atomic mass is 10.1. The van der Waals surface area contributed by atoms with Crippen molar-refractivity contribution in [3.8, 4) is 0 Å². The van der Waals surface area contributed by atoms with E-state index in [1.54, 1.807) is 0 Å². The van der Waals surface area contributed by atoms with Gasteiger partial charge in [0.25, 0.3) is 0 Å². The number of carbonyl (C=O) groups is 1. The molecule has 1 aromatic carbocycles. The first-order chi connectivity index (χ1) is 10.8. The Balaban J connectivity index is 1.54. The van der Waals surface area contributed by atoms with Crippen molar-refractivity contribution in [3.63, 3.8) is 0 Å². The average Bonchev–Trinajstić information content (AvgIpc) is 2.56. The van der Waals surface area contributed by atoms with Crippen molar-refractivity contribution >= 4 is 5.91 Å². The number of carbonyl (C=O) groups excluding carboxylic acids is 1. The van der Waals surface area contributed by atoms with Crippen LogP contribution in [0.2, 0.25) is 0 Å². The van der Waals surface area contributed by atoms with Gasteiger partial charge in [-0.25, -0.2) is 0 Å². The molecule has 0 aromatic heterocycles. The Morgan fingerprint density at radius 2 is 1.95 bits per heavy atom. The van der Waals surface area contributed by atoms with Crippen LogP contribution in [0.3, 0.4) is 0 Å². The number of hydrogen-bond donors (Lipinski definition) is 2. The van der Waals surface area contributed by atoms with Gasteiger partial charge in [-0.2, -0.15) is 0 Å². The smallest absolute Gasteiger partial charge is 0.222 e. The first kappa shape index (κ1) is 16.9. The van der Waals surface area contributed by atoms with Gasteiger partial charge in [-0.15, -0.1) is 0 Å². The van der Waals surface area contributed by atoms with Crippen molar-refractivity contribution in [1.82, 2.24) is 10.2 Å². The summed E-state index contributed by atoms with van der Waals surface area (Å²) in [6.07, 6.45) is 1.43. The van der Waals surface area contributed by atoms with Crippen LogP contribution in [0.4, 0.5) is 0 Å². The Kier molecular flexibility index (Phi) is 7.36. The summed E-state index contributed by atoms with van der Waals surface area (Å²) in [6, 6.07) is 9.29. The standard InChI is InChI=1S/C17H26N2O3/c20-16(15-6-2-1-3-7-15)14-17(21)18-8-4-5-9-19-10-12-22-13-11-19/h1-3,6-7,16,20H,4-5,8-14H2,(H,18,21). The Labute approximate surface area is 132 Å². The van der Waals surface area contributed by atoms with Crippen LogP contribution in [0, 0.1) is 0 Å². The maximum absolute atomic E-state index is 11.8. The van der Waals surface area contributed by atoms with Gasteiger partial charge in [-0.05, 0) is 24.9 Å². The van der Waals surface area contributed by atoms with Crippen LogP contribution in [0.5, 0.6) is 0 Å². The zero-order valence-electron chi connectivity index (χ0n) is 13.0. The van der Waals surface area contributed by atoms with Gasteiger partial charge in [0.2, 0.25) is 5.91 Å². The molecule has 5 nitrogen and oxygen atoms in total. The second kappa shape index (κ2) is 9.56. The molecule has 1 unspecified atom stereocenters. The van der Waals surface area contributed by atoms with E-state index < -0.39 is 6.10 Å². The molecule has 1 aliphatic heterocycles. The molecule has 0 saturated carbocycles. The summed E-state index contributed by atoms with van der Waals surface area (Å²) >= 11 is 0. The lowest BCUT2D eigenvalue weighted by molar-refractivity contribution is -0.123. The normalized spacial score (nSPS) is 17.1. The molecule has 2 rings (SSSR count). The minimum absolute atomic E-state index is 0.0947. The van der Waals surface area contributed by atoms with Gasteiger partial charge in [0.1, 0.15) is 0 Å². The molecule has 1 atom stereocenters. The van der Waals surface area contributed by atoms with Gasteiger partial charge in [0.15, 0.2) is 0 Å². The van der Waals surface area contributed by atoms with Gasteiger partial charge in [-0.3, -0.25) is 9.69 Å². The Morgan fingerprint density at radius 3 is 2.68 bits per heavy atom. The van der Waals surface area contributed by atoms with E-state index in [0.29, 0.717) is 6.54 Å². The number of morpholine rings is 1. The number of ether oxygens (including phenoxy) is 1. The largest absolute Gasteiger partial charge is 0.388 e. The van der Waals surface area contributed by atoms with Gasteiger partial charge >= 0.3 is 0 Å². The second-order valence-electron chi connectivity index (χ2n) is 5.64. The Hall–Kier alpha value is -1.43. The SMILES string of the molecule is O=C(CC(O)c1ccccc1)NCCCCN1CCOCC1. The number of amides is 1. The number of unbranched alkanes of at least 4 members (excludes halogenated alkanes) is 1. The van der Waals surface area contributed by atoms with Crippen molar-refractivity contribution in [2.45, 2.75) is 25.4 Å². The first-order valence-corrected chi connectivity index (χ1v) is 8.05. The second-order valence-corrected chi connectivity index (χ2v) is 5.64. The molecule has 0 spiro atoms. The van der Waals surface area contributed by atoms with Gasteiger partial charge in [0, 0.05) is 19.6 Å². The molecule has 5 heteroatoms. The minimum Gasteiger partial charge on any atom is -0.388 e. The number of nitrogens with one attached hydrogen (secondary N) is 1. The van der Waals surface area contributed by atoms with E-state index >= 15 is 0 Å². The van der Waals surface area contributed by atoms with E-state index in [4.69, 9.17) is 4.74 Å². The van der Waals surface area contributed by atoms with Crippen LogP contribution in [-0.4, -0.2) is 55.3 Å². The fourth-order valence-electron chi connectivity index (χ4n) is 2.55. The minimum atomic E-state index is -0.727. The summed E-state index contributed by atoms with van der Waals surface area (Å²) in [6.45, 7) is 5.41. The van der Waals surface area contributed by atoms with Gasteiger partial charge in [0.05, 0.1) is 25.7 Å². The van der Waals surface area contributed by atoms with E-state index in [2.05, 4.69) is 10.2 Å². The molecule has 2 N–H and O–H groups in total. The van der Waals surface area contributed by atoms with Crippen LogP contribution in [-0.2, 0) is 9.53 Å². The first-order valence-electron chi connectivity index (χ1n) is 8.05. The van der Waals surface area contributed by atoms with Crippen LogP contribution < -0.4 is 5.32 Å². The summed E-state index contributed by atoms with van der Waals surface area (Å²) in [7, 11) is 0. The zero-order chi connectivity index (χ0) is 15.6. The summed E-state index contributed by atoms with van der Waals surface area (Å²) in [4.78, 5) is 14.2. The van der Waals surface area contributed by atoms with Crippen molar-refractivity contribution in [2.24, 2.45) is 0 Å². The van der Waals surface area contributed by atoms with Gasteiger partial charge in [-0.1, -0.05) is 30.3 Å². The Bertz CT molecular complexity index is 433. The zero-order valence-corrected chi connectivity index (χ0v) is 13.0. The maximum atomic E-state index is 11.8. The third-order valence-electron chi connectivity index (χ3n) is 3.89. The molecule has 1 heterocycles. The van der Waals surface area contributed by atoms with E-state index in [1.807, 2.05) is 30.3 Å². The molecular weight excluding hydrogens is 280 g/mol. The number of aliphatic hydroxyl groups is 1. The predicted molar refractivity (Wildman–Crippen MR) is 85.5 cm³/mol. The molecule has 1 amide bonds. The summed E-state index contributed by atoms with van der Waals surface area (Å²) in [5.41, 5.74) is 0.782. The van der Waals surface area contributed by atoms with E-state index in [-0.39, 0.29) is 12.3 Å². The molecule has 1 aliphatic rings. The highest BCUT2D eigenvalue weighted by Gasteiger charge is 2.12. The third-order valence-corrected chi connectivity index (χ3v) is 3.89. The van der Waals surface area contributed by atoms with Crippen LogP contribution >= 0.6 is 0 Å². The molecule has 0 radical (unpaired) electrons. The molecule has 1 aromatic rings. The van der Waals surface area contributed by atoms with E-state index in [9.17, 15) is 9.90 Å². The van der Waals surface area contributed by atoms with E-state index in [1.165, 1.54) is 0 Å². The molecule has 0 aliphatic carbocycles. The average molecular weight is 306 g/mol. The fraction of sp³-hybridized carbons (Fsp3) is 0.588. The highest BCUT2D eigenvalue weighted by molar-refractivity contribution is 5.76. The highest BCUT2D eigenvalue weighted by Crippen LogP contribution is 2.15. The maximum Gasteiger partial charge on any atom is 0.222 e. The van der Waals surface area contributed by atoms with Crippen LogP contribution in [0.25, 0.3) is 0 Å².